The van der Waals surface area contributed by atoms with Crippen LogP contribution in [0.15, 0.2) is 29.2 Å². The first kappa shape index (κ1) is 15.5. The third-order valence-electron chi connectivity index (χ3n) is 2.86. The van der Waals surface area contributed by atoms with Crippen LogP contribution in [0.5, 0.6) is 5.75 Å². The van der Waals surface area contributed by atoms with Gasteiger partial charge >= 0.3 is 5.97 Å². The molecule has 0 bridgehead atoms. The maximum atomic E-state index is 12.3. The molecule has 1 aromatic rings. The first-order valence-corrected chi connectivity index (χ1v) is 7.58. The van der Waals surface area contributed by atoms with Gasteiger partial charge in [0.15, 0.2) is 15.1 Å². The Hall–Kier alpha value is -1.56. The second kappa shape index (κ2) is 6.56. The zero-order chi connectivity index (χ0) is 14.5. The Morgan fingerprint density at radius 3 is 2.32 bits per heavy atom. The van der Waals surface area contributed by atoms with Gasteiger partial charge in [0.05, 0.1) is 12.0 Å². The first-order chi connectivity index (χ1) is 8.93. The van der Waals surface area contributed by atoms with Crippen molar-refractivity contribution in [1.82, 2.24) is 0 Å². The third kappa shape index (κ3) is 3.70. The quantitative estimate of drug-likeness (QED) is 0.830. The van der Waals surface area contributed by atoms with Crippen molar-refractivity contribution in [1.29, 1.82) is 0 Å². The van der Waals surface area contributed by atoms with Crippen molar-refractivity contribution in [2.45, 2.75) is 36.3 Å². The van der Waals surface area contributed by atoms with E-state index < -0.39 is 21.1 Å². The lowest BCUT2D eigenvalue weighted by Crippen LogP contribution is -2.30. The molecule has 0 saturated carbocycles. The van der Waals surface area contributed by atoms with Crippen LogP contribution in [0.4, 0.5) is 0 Å². The van der Waals surface area contributed by atoms with E-state index in [1.54, 1.807) is 0 Å². The standard InChI is InChI=1S/C13H18O5S/c1-3-4-5-12(13(14)15)19(16,17)11-8-6-10(18-2)7-9-11/h6-9,12H,3-5H2,1-2H3,(H,14,15)/t12-/m1/s1. The molecular weight excluding hydrogens is 268 g/mol. The number of sulfone groups is 1. The number of aliphatic carboxylic acids is 1. The van der Waals surface area contributed by atoms with Crippen molar-refractivity contribution in [3.63, 3.8) is 0 Å². The zero-order valence-electron chi connectivity index (χ0n) is 11.0. The van der Waals surface area contributed by atoms with E-state index in [1.807, 2.05) is 6.92 Å². The van der Waals surface area contributed by atoms with E-state index in [-0.39, 0.29) is 11.3 Å². The van der Waals surface area contributed by atoms with Gasteiger partial charge in [-0.2, -0.15) is 0 Å². The normalized spacial score (nSPS) is 12.9. The van der Waals surface area contributed by atoms with Crippen molar-refractivity contribution in [2.24, 2.45) is 0 Å². The predicted octanol–water partition coefficient (Wildman–Crippen LogP) is 2.11. The number of methoxy groups -OCH3 is 1. The molecule has 0 fully saturated rings. The van der Waals surface area contributed by atoms with Crippen LogP contribution in [0.2, 0.25) is 0 Å². The van der Waals surface area contributed by atoms with Gasteiger partial charge in [-0.25, -0.2) is 8.42 Å². The van der Waals surface area contributed by atoms with Crippen LogP contribution in [0.25, 0.3) is 0 Å². The lowest BCUT2D eigenvalue weighted by molar-refractivity contribution is -0.136. The second-order valence-electron chi connectivity index (χ2n) is 4.19. The van der Waals surface area contributed by atoms with E-state index in [4.69, 9.17) is 9.84 Å². The molecule has 0 radical (unpaired) electrons. The van der Waals surface area contributed by atoms with Gasteiger partial charge in [0, 0.05) is 0 Å². The minimum atomic E-state index is -3.85. The molecule has 0 aromatic heterocycles. The molecule has 0 saturated heterocycles. The number of ether oxygens (including phenoxy) is 1. The summed E-state index contributed by atoms with van der Waals surface area (Å²) in [5, 5.41) is 7.71. The minimum Gasteiger partial charge on any atom is -0.497 e. The Kier molecular flexibility index (Phi) is 5.35. The minimum absolute atomic E-state index is 0.0109. The molecule has 0 amide bonds. The second-order valence-corrected chi connectivity index (χ2v) is 6.32. The molecule has 19 heavy (non-hydrogen) atoms. The highest BCUT2D eigenvalue weighted by Crippen LogP contribution is 2.22. The SMILES string of the molecule is CCCC[C@H](C(=O)O)S(=O)(=O)c1ccc(OC)cc1. The number of carboxylic acid groups (broad SMARTS) is 1. The lowest BCUT2D eigenvalue weighted by Gasteiger charge is -2.13. The van der Waals surface area contributed by atoms with Crippen molar-refractivity contribution < 1.29 is 23.1 Å². The van der Waals surface area contributed by atoms with E-state index in [2.05, 4.69) is 0 Å². The fourth-order valence-corrected chi connectivity index (χ4v) is 3.32. The summed E-state index contributed by atoms with van der Waals surface area (Å²) in [6, 6.07) is 5.75. The van der Waals surface area contributed by atoms with Gasteiger partial charge in [0.25, 0.3) is 0 Å². The fourth-order valence-electron chi connectivity index (χ4n) is 1.73. The Bertz CT molecular complexity index is 518. The van der Waals surface area contributed by atoms with Gasteiger partial charge in [-0.1, -0.05) is 19.8 Å². The van der Waals surface area contributed by atoms with Crippen LogP contribution in [0, 0.1) is 0 Å². The number of rotatable bonds is 7. The third-order valence-corrected chi connectivity index (χ3v) is 4.97. The molecule has 1 aromatic carbocycles. The first-order valence-electron chi connectivity index (χ1n) is 6.04. The molecule has 0 aliphatic rings. The number of carboxylic acids is 1. The van der Waals surface area contributed by atoms with Crippen molar-refractivity contribution in [2.75, 3.05) is 7.11 Å². The number of hydrogen-bond donors (Lipinski definition) is 1. The molecule has 1 rings (SSSR count). The lowest BCUT2D eigenvalue weighted by atomic mass is 10.2. The molecule has 5 nitrogen and oxygen atoms in total. The number of carbonyl (C=O) groups is 1. The topological polar surface area (TPSA) is 80.7 Å². The van der Waals surface area contributed by atoms with Crippen LogP contribution in [-0.4, -0.2) is 31.9 Å². The Morgan fingerprint density at radius 2 is 1.89 bits per heavy atom. The van der Waals surface area contributed by atoms with Crippen LogP contribution >= 0.6 is 0 Å². The number of hydrogen-bond acceptors (Lipinski definition) is 4. The highest BCUT2D eigenvalue weighted by atomic mass is 32.2. The largest absolute Gasteiger partial charge is 0.497 e. The van der Waals surface area contributed by atoms with Crippen molar-refractivity contribution in [3.05, 3.63) is 24.3 Å². The average Bonchev–Trinajstić information content (AvgIpc) is 2.38. The molecule has 1 atom stereocenters. The number of unbranched alkanes of at least 4 members (excludes halogenated alkanes) is 1. The highest BCUT2D eigenvalue weighted by Gasteiger charge is 2.33. The van der Waals surface area contributed by atoms with Gasteiger partial charge in [-0.3, -0.25) is 4.79 Å². The summed E-state index contributed by atoms with van der Waals surface area (Å²) in [6.45, 7) is 1.89. The smallest absolute Gasteiger partial charge is 0.322 e. The Balaban J connectivity index is 3.07. The van der Waals surface area contributed by atoms with Gasteiger partial charge in [0.1, 0.15) is 5.75 Å². The van der Waals surface area contributed by atoms with Crippen LogP contribution < -0.4 is 4.74 Å². The van der Waals surface area contributed by atoms with Gasteiger partial charge in [-0.15, -0.1) is 0 Å². The molecule has 0 heterocycles. The summed E-state index contributed by atoms with van der Waals surface area (Å²) in [6.07, 6.45) is 1.44. The van der Waals surface area contributed by atoms with E-state index in [0.29, 0.717) is 12.2 Å². The molecule has 6 heteroatoms. The fraction of sp³-hybridized carbons (Fsp3) is 0.462. The molecular formula is C13H18O5S. The summed E-state index contributed by atoms with van der Waals surface area (Å²) in [4.78, 5) is 11.2. The summed E-state index contributed by atoms with van der Waals surface area (Å²) >= 11 is 0. The van der Waals surface area contributed by atoms with Crippen LogP contribution in [0.1, 0.15) is 26.2 Å². The van der Waals surface area contributed by atoms with Crippen molar-refractivity contribution >= 4 is 15.8 Å². The Labute approximate surface area is 113 Å². The summed E-state index contributed by atoms with van der Waals surface area (Å²) in [7, 11) is -2.38. The summed E-state index contributed by atoms with van der Waals surface area (Å²) in [5.41, 5.74) is 0. The highest BCUT2D eigenvalue weighted by molar-refractivity contribution is 7.92. The zero-order valence-corrected chi connectivity index (χ0v) is 11.8. The average molecular weight is 286 g/mol. The van der Waals surface area contributed by atoms with E-state index in [1.165, 1.54) is 31.4 Å². The Morgan fingerprint density at radius 1 is 1.32 bits per heavy atom. The summed E-state index contributed by atoms with van der Waals surface area (Å²) in [5.74, 6) is -0.774. The predicted molar refractivity (Wildman–Crippen MR) is 71.1 cm³/mol. The maximum Gasteiger partial charge on any atom is 0.322 e. The summed E-state index contributed by atoms with van der Waals surface area (Å²) < 4.78 is 29.5. The van der Waals surface area contributed by atoms with Gasteiger partial charge in [0.2, 0.25) is 0 Å². The van der Waals surface area contributed by atoms with Gasteiger partial charge < -0.3 is 9.84 Å². The van der Waals surface area contributed by atoms with E-state index in [9.17, 15) is 13.2 Å². The monoisotopic (exact) mass is 286 g/mol. The molecule has 0 unspecified atom stereocenters. The van der Waals surface area contributed by atoms with E-state index in [0.717, 1.165) is 6.42 Å². The molecule has 0 aliphatic heterocycles. The van der Waals surface area contributed by atoms with E-state index >= 15 is 0 Å². The molecule has 0 aliphatic carbocycles. The molecule has 0 spiro atoms. The van der Waals surface area contributed by atoms with Crippen molar-refractivity contribution in [3.8, 4) is 5.75 Å². The molecule has 106 valence electrons. The maximum absolute atomic E-state index is 12.3. The van der Waals surface area contributed by atoms with Crippen LogP contribution in [-0.2, 0) is 14.6 Å². The number of benzene rings is 1. The van der Waals surface area contributed by atoms with Crippen LogP contribution in [0.3, 0.4) is 0 Å². The van der Waals surface area contributed by atoms with Gasteiger partial charge in [-0.05, 0) is 30.7 Å². The molecule has 1 N–H and O–H groups in total.